The Hall–Kier alpha value is -2.06. The van der Waals surface area contributed by atoms with Crippen molar-refractivity contribution in [1.82, 2.24) is 0 Å². The third-order valence-electron chi connectivity index (χ3n) is 2.72. The molecule has 0 aliphatic heterocycles. The van der Waals surface area contributed by atoms with Gasteiger partial charge in [-0.1, -0.05) is 42.5 Å². The number of rotatable bonds is 5. The third-order valence-corrected chi connectivity index (χ3v) is 2.72. The third kappa shape index (κ3) is 5.29. The van der Waals surface area contributed by atoms with Crippen LogP contribution in [0.1, 0.15) is 13.3 Å². The fraction of sp³-hybridized carbons (Fsp3) is 0.222. The number of benzene rings is 2. The van der Waals surface area contributed by atoms with Crippen LogP contribution in [-0.4, -0.2) is 13.1 Å². The van der Waals surface area contributed by atoms with Crippen LogP contribution in [0.5, 0.6) is 0 Å². The van der Waals surface area contributed by atoms with Crippen LogP contribution >= 0.6 is 0 Å². The zero-order valence-corrected chi connectivity index (χ0v) is 12.2. The maximum absolute atomic E-state index is 5.61. The monoisotopic (exact) mass is 268 g/mol. The van der Waals surface area contributed by atoms with Crippen LogP contribution in [0.15, 0.2) is 73.3 Å². The van der Waals surface area contributed by atoms with Gasteiger partial charge in [0.05, 0.1) is 0 Å². The molecule has 0 heterocycles. The van der Waals surface area contributed by atoms with E-state index in [-0.39, 0.29) is 0 Å². The molecule has 0 saturated carbocycles. The summed E-state index contributed by atoms with van der Waals surface area (Å²) in [5.41, 5.74) is 8.04. The fourth-order valence-electron chi connectivity index (χ4n) is 1.87. The van der Waals surface area contributed by atoms with Gasteiger partial charge in [-0.2, -0.15) is 0 Å². The molecule has 0 atom stereocenters. The average Bonchev–Trinajstić information content (AvgIpc) is 2.51. The Morgan fingerprint density at radius 1 is 0.950 bits per heavy atom. The largest absolute Gasteiger partial charge is 0.341 e. The Bertz CT molecular complexity index is 426. The molecule has 0 amide bonds. The van der Waals surface area contributed by atoms with E-state index in [1.165, 1.54) is 11.4 Å². The van der Waals surface area contributed by atoms with Gasteiger partial charge in [0, 0.05) is 17.9 Å². The summed E-state index contributed by atoms with van der Waals surface area (Å²) in [5, 5.41) is 0. The molecule has 2 aromatic rings. The second kappa shape index (κ2) is 9.82. The van der Waals surface area contributed by atoms with Gasteiger partial charge in [-0.3, -0.25) is 0 Å². The molecule has 20 heavy (non-hydrogen) atoms. The molecule has 0 unspecified atom stereocenters. The highest BCUT2D eigenvalue weighted by Gasteiger charge is 2.07. The first-order valence-electron chi connectivity index (χ1n) is 6.98. The standard InChI is InChI=1S/C15H18N2.C3H6/c16-12-7-13-17(14-8-3-1-4-9-14)15-10-5-2-6-11-15;1-3-2/h1-6,8-11H,7,12-13,16H2;3H,1H2,2H3. The maximum atomic E-state index is 5.61. The number of nitrogens with two attached hydrogens (primary N) is 1. The molecule has 0 aliphatic rings. The minimum atomic E-state index is 0.718. The molecule has 0 aromatic heterocycles. The van der Waals surface area contributed by atoms with Gasteiger partial charge in [-0.05, 0) is 44.2 Å². The van der Waals surface area contributed by atoms with Crippen molar-refractivity contribution in [3.8, 4) is 0 Å². The normalized spacial score (nSPS) is 9.30. The predicted octanol–water partition coefficient (Wildman–Crippen LogP) is 4.37. The van der Waals surface area contributed by atoms with Gasteiger partial charge in [0.2, 0.25) is 0 Å². The highest BCUT2D eigenvalue weighted by atomic mass is 15.1. The summed E-state index contributed by atoms with van der Waals surface area (Å²) in [5.74, 6) is 0. The molecule has 0 radical (unpaired) electrons. The van der Waals surface area contributed by atoms with Gasteiger partial charge in [-0.25, -0.2) is 0 Å². The van der Waals surface area contributed by atoms with Crippen LogP contribution in [-0.2, 0) is 0 Å². The minimum absolute atomic E-state index is 0.718. The first-order valence-corrected chi connectivity index (χ1v) is 6.98. The van der Waals surface area contributed by atoms with Gasteiger partial charge in [0.15, 0.2) is 0 Å². The minimum Gasteiger partial charge on any atom is -0.341 e. The van der Waals surface area contributed by atoms with Crippen molar-refractivity contribution in [3.05, 3.63) is 73.3 Å². The Labute approximate surface area is 122 Å². The fourth-order valence-corrected chi connectivity index (χ4v) is 1.87. The summed E-state index contributed by atoms with van der Waals surface area (Å²) in [6.45, 7) is 6.92. The van der Waals surface area contributed by atoms with Crippen molar-refractivity contribution in [2.24, 2.45) is 5.73 Å². The number of hydrogen-bond donors (Lipinski definition) is 1. The van der Waals surface area contributed by atoms with E-state index in [0.717, 1.165) is 19.5 Å². The van der Waals surface area contributed by atoms with Crippen molar-refractivity contribution < 1.29 is 0 Å². The first-order chi connectivity index (χ1) is 9.83. The molecule has 2 rings (SSSR count). The number of hydrogen-bond acceptors (Lipinski definition) is 2. The van der Waals surface area contributed by atoms with Crippen LogP contribution in [0.25, 0.3) is 0 Å². The van der Waals surface area contributed by atoms with Gasteiger partial charge in [-0.15, -0.1) is 6.58 Å². The molecule has 0 fully saturated rings. The molecule has 106 valence electrons. The molecule has 2 aromatic carbocycles. The molecule has 0 bridgehead atoms. The lowest BCUT2D eigenvalue weighted by molar-refractivity contribution is 0.818. The SMILES string of the molecule is C=CC.NCCCN(c1ccccc1)c1ccccc1. The maximum Gasteiger partial charge on any atom is 0.0410 e. The lowest BCUT2D eigenvalue weighted by Gasteiger charge is -2.24. The molecule has 0 aliphatic carbocycles. The second-order valence-corrected chi connectivity index (χ2v) is 4.37. The molecule has 2 heteroatoms. The lowest BCUT2D eigenvalue weighted by atomic mass is 10.2. The van der Waals surface area contributed by atoms with Crippen LogP contribution in [0.3, 0.4) is 0 Å². The van der Waals surface area contributed by atoms with E-state index in [0.29, 0.717) is 0 Å². The summed E-state index contributed by atoms with van der Waals surface area (Å²) >= 11 is 0. The van der Waals surface area contributed by atoms with E-state index < -0.39 is 0 Å². The quantitative estimate of drug-likeness (QED) is 0.816. The van der Waals surface area contributed by atoms with E-state index >= 15 is 0 Å². The summed E-state index contributed by atoms with van der Waals surface area (Å²) < 4.78 is 0. The van der Waals surface area contributed by atoms with Gasteiger partial charge < -0.3 is 10.6 Å². The van der Waals surface area contributed by atoms with Crippen LogP contribution < -0.4 is 10.6 Å². The Morgan fingerprint density at radius 3 is 1.70 bits per heavy atom. The Balaban J connectivity index is 0.000000612. The number of allylic oxidation sites excluding steroid dienone is 1. The predicted molar refractivity (Wildman–Crippen MR) is 89.4 cm³/mol. The summed E-state index contributed by atoms with van der Waals surface area (Å²) in [6.07, 6.45) is 2.74. The van der Waals surface area contributed by atoms with Crippen LogP contribution in [0.4, 0.5) is 11.4 Å². The van der Waals surface area contributed by atoms with Crippen LogP contribution in [0, 0.1) is 0 Å². The summed E-state index contributed by atoms with van der Waals surface area (Å²) in [7, 11) is 0. The molecule has 0 saturated heterocycles. The molecule has 2 nitrogen and oxygen atoms in total. The van der Waals surface area contributed by atoms with Gasteiger partial charge in [0.25, 0.3) is 0 Å². The Kier molecular flexibility index (Phi) is 7.85. The second-order valence-electron chi connectivity index (χ2n) is 4.37. The molecule has 0 spiro atoms. The smallest absolute Gasteiger partial charge is 0.0410 e. The average molecular weight is 268 g/mol. The van der Waals surface area contributed by atoms with E-state index in [1.807, 2.05) is 19.1 Å². The lowest BCUT2D eigenvalue weighted by Crippen LogP contribution is -2.20. The van der Waals surface area contributed by atoms with E-state index in [4.69, 9.17) is 5.73 Å². The number of para-hydroxylation sites is 2. The summed E-state index contributed by atoms with van der Waals surface area (Å²) in [4.78, 5) is 2.30. The van der Waals surface area contributed by atoms with E-state index in [9.17, 15) is 0 Å². The molecular formula is C18H24N2. The van der Waals surface area contributed by atoms with Crippen molar-refractivity contribution in [2.75, 3.05) is 18.0 Å². The van der Waals surface area contributed by atoms with Crippen molar-refractivity contribution in [2.45, 2.75) is 13.3 Å². The highest BCUT2D eigenvalue weighted by molar-refractivity contribution is 5.62. The zero-order chi connectivity index (χ0) is 14.6. The van der Waals surface area contributed by atoms with Crippen molar-refractivity contribution in [3.63, 3.8) is 0 Å². The Morgan fingerprint density at radius 2 is 1.35 bits per heavy atom. The van der Waals surface area contributed by atoms with Crippen LogP contribution in [0.2, 0.25) is 0 Å². The zero-order valence-electron chi connectivity index (χ0n) is 12.2. The highest BCUT2D eigenvalue weighted by Crippen LogP contribution is 2.24. The number of anilines is 2. The summed E-state index contributed by atoms with van der Waals surface area (Å²) in [6, 6.07) is 20.8. The topological polar surface area (TPSA) is 29.3 Å². The van der Waals surface area contributed by atoms with Crippen molar-refractivity contribution >= 4 is 11.4 Å². The molecule has 2 N–H and O–H groups in total. The van der Waals surface area contributed by atoms with Crippen molar-refractivity contribution in [1.29, 1.82) is 0 Å². The van der Waals surface area contributed by atoms with Gasteiger partial charge >= 0.3 is 0 Å². The number of nitrogens with zero attached hydrogens (tertiary/aromatic N) is 1. The molecular weight excluding hydrogens is 244 g/mol. The van der Waals surface area contributed by atoms with E-state index in [2.05, 4.69) is 60.0 Å². The first kappa shape index (κ1) is 16.0. The van der Waals surface area contributed by atoms with Gasteiger partial charge in [0.1, 0.15) is 0 Å². The van der Waals surface area contributed by atoms with E-state index in [1.54, 1.807) is 6.08 Å².